The molecule has 6 rings (SSSR count). The third-order valence-corrected chi connectivity index (χ3v) is 7.79. The second-order valence-electron chi connectivity index (χ2n) is 10.0. The number of fused-ring (bicyclic) bond motifs is 3. The van der Waals surface area contributed by atoms with Crippen LogP contribution in [0.3, 0.4) is 0 Å². The Balaban J connectivity index is 0.00000204. The molecule has 3 heterocycles. The Morgan fingerprint density at radius 3 is 2.32 bits per heavy atom. The zero-order valence-electron chi connectivity index (χ0n) is 18.1. The number of hydrogen-bond acceptors (Lipinski definition) is 3. The third kappa shape index (κ3) is 3.82. The van der Waals surface area contributed by atoms with Gasteiger partial charge in [0.15, 0.2) is 0 Å². The van der Waals surface area contributed by atoms with Crippen LogP contribution < -0.4 is 11.0 Å². The van der Waals surface area contributed by atoms with E-state index in [0.29, 0.717) is 24.0 Å². The molecule has 168 valence electrons. The maximum atomic E-state index is 13.5. The van der Waals surface area contributed by atoms with Gasteiger partial charge in [0.05, 0.1) is 11.0 Å². The minimum absolute atomic E-state index is 0. The number of piperazine rings is 1. The Morgan fingerprint density at radius 1 is 0.935 bits per heavy atom. The molecule has 4 fully saturated rings. The van der Waals surface area contributed by atoms with E-state index in [1.54, 1.807) is 0 Å². The van der Waals surface area contributed by atoms with E-state index in [1.165, 1.54) is 44.9 Å². The second-order valence-corrected chi connectivity index (χ2v) is 10.0. The van der Waals surface area contributed by atoms with Crippen molar-refractivity contribution in [3.05, 3.63) is 34.2 Å². The van der Waals surface area contributed by atoms with Crippen LogP contribution in [0.1, 0.15) is 74.2 Å². The van der Waals surface area contributed by atoms with Crippen LogP contribution in [0.25, 0.3) is 11.0 Å². The summed E-state index contributed by atoms with van der Waals surface area (Å²) in [5.41, 5.74) is 2.84. The van der Waals surface area contributed by atoms with Crippen LogP contribution >= 0.6 is 12.4 Å². The number of carbonyl (C=O) groups excluding carboxylic acids is 1. The topological polar surface area (TPSA) is 59.3 Å². The minimum atomic E-state index is 0. The number of rotatable bonds is 4. The molecule has 2 aliphatic carbocycles. The van der Waals surface area contributed by atoms with Gasteiger partial charge in [-0.15, -0.1) is 12.4 Å². The number of likely N-dealkylation sites (tertiary alicyclic amines) is 1. The highest BCUT2D eigenvalue weighted by atomic mass is 35.5. The van der Waals surface area contributed by atoms with Crippen LogP contribution in [-0.2, 0) is 6.54 Å². The smallest absolute Gasteiger partial charge is 0.329 e. The standard InChI is InChI=1S/C24H32N4O2.ClH/c29-23(26-14-18-9-10-19(15-26)25-18)17-8-11-21-22(12-17)27(13-16-6-7-16)24(30)28(21)20-4-2-1-3-5-20;/h8,11-12,16,18-20,25H,1-7,9-10,13-15H2;1H/t18-,19+;. The molecular formula is C24H33ClN4O2. The Kier molecular flexibility index (Phi) is 5.63. The average molecular weight is 445 g/mol. The van der Waals surface area contributed by atoms with Gasteiger partial charge in [0, 0.05) is 43.3 Å². The first-order valence-corrected chi connectivity index (χ1v) is 12.0. The molecule has 1 amide bonds. The molecule has 0 spiro atoms. The van der Waals surface area contributed by atoms with Crippen molar-refractivity contribution < 1.29 is 4.79 Å². The molecule has 2 bridgehead atoms. The Hall–Kier alpha value is -1.79. The van der Waals surface area contributed by atoms with E-state index < -0.39 is 0 Å². The number of nitrogens with one attached hydrogen (secondary N) is 1. The summed E-state index contributed by atoms with van der Waals surface area (Å²) in [7, 11) is 0. The molecule has 2 atom stereocenters. The average Bonchev–Trinajstić information content (AvgIpc) is 3.48. The molecule has 0 unspecified atom stereocenters. The largest absolute Gasteiger partial charge is 0.336 e. The van der Waals surface area contributed by atoms with Crippen LogP contribution in [0.4, 0.5) is 0 Å². The predicted molar refractivity (Wildman–Crippen MR) is 124 cm³/mol. The third-order valence-electron chi connectivity index (χ3n) is 7.79. The van der Waals surface area contributed by atoms with E-state index in [0.717, 1.165) is 49.1 Å². The fourth-order valence-corrected chi connectivity index (χ4v) is 5.99. The zero-order valence-corrected chi connectivity index (χ0v) is 18.9. The van der Waals surface area contributed by atoms with E-state index in [-0.39, 0.29) is 24.0 Å². The molecule has 1 N–H and O–H groups in total. The molecule has 2 aromatic rings. The molecule has 0 radical (unpaired) electrons. The van der Waals surface area contributed by atoms with Gasteiger partial charge in [-0.25, -0.2) is 4.79 Å². The zero-order chi connectivity index (χ0) is 20.2. The van der Waals surface area contributed by atoms with Gasteiger partial charge >= 0.3 is 5.69 Å². The van der Waals surface area contributed by atoms with Gasteiger partial charge in [0.2, 0.25) is 0 Å². The highest BCUT2D eigenvalue weighted by molar-refractivity contribution is 5.97. The summed E-state index contributed by atoms with van der Waals surface area (Å²) in [5, 5.41) is 3.60. The van der Waals surface area contributed by atoms with Crippen molar-refractivity contribution in [3.8, 4) is 0 Å². The SMILES string of the molecule is Cl.O=C(c1ccc2c(c1)n(CC1CC1)c(=O)n2C1CCCCC1)N1C[C@H]2CC[C@@H](C1)N2. The van der Waals surface area contributed by atoms with Crippen molar-refractivity contribution in [1.29, 1.82) is 0 Å². The first-order valence-electron chi connectivity index (χ1n) is 12.0. The van der Waals surface area contributed by atoms with Crippen LogP contribution in [0, 0.1) is 5.92 Å². The second kappa shape index (κ2) is 8.28. The van der Waals surface area contributed by atoms with Gasteiger partial charge < -0.3 is 10.2 Å². The highest BCUT2D eigenvalue weighted by Gasteiger charge is 2.35. The Labute approximate surface area is 189 Å². The lowest BCUT2D eigenvalue weighted by atomic mass is 9.95. The lowest BCUT2D eigenvalue weighted by Gasteiger charge is -2.33. The summed E-state index contributed by atoms with van der Waals surface area (Å²) >= 11 is 0. The maximum Gasteiger partial charge on any atom is 0.329 e. The Bertz CT molecular complexity index is 1020. The van der Waals surface area contributed by atoms with E-state index in [4.69, 9.17) is 0 Å². The first-order chi connectivity index (χ1) is 14.7. The molecule has 4 aliphatic rings. The highest BCUT2D eigenvalue weighted by Crippen LogP contribution is 2.34. The monoisotopic (exact) mass is 444 g/mol. The molecule has 2 aliphatic heterocycles. The van der Waals surface area contributed by atoms with Crippen LogP contribution in [0.2, 0.25) is 0 Å². The normalized spacial score (nSPS) is 26.3. The molecule has 2 saturated carbocycles. The number of halogens is 1. The molecule has 31 heavy (non-hydrogen) atoms. The summed E-state index contributed by atoms with van der Waals surface area (Å²) in [5.74, 6) is 0.738. The van der Waals surface area contributed by atoms with E-state index in [1.807, 2.05) is 27.7 Å². The van der Waals surface area contributed by atoms with Crippen molar-refractivity contribution in [2.45, 2.75) is 82.5 Å². The summed E-state index contributed by atoms with van der Waals surface area (Å²) in [6.45, 7) is 2.39. The molecular weight excluding hydrogens is 412 g/mol. The summed E-state index contributed by atoms with van der Waals surface area (Å²) in [4.78, 5) is 28.8. The van der Waals surface area contributed by atoms with Gasteiger partial charge in [0.1, 0.15) is 0 Å². The minimum Gasteiger partial charge on any atom is -0.336 e. The van der Waals surface area contributed by atoms with Crippen molar-refractivity contribution in [2.24, 2.45) is 5.92 Å². The first kappa shape index (κ1) is 21.1. The molecule has 1 aromatic carbocycles. The van der Waals surface area contributed by atoms with Crippen LogP contribution in [0.5, 0.6) is 0 Å². The van der Waals surface area contributed by atoms with Crippen LogP contribution in [-0.4, -0.2) is 45.1 Å². The number of hydrogen-bond donors (Lipinski definition) is 1. The maximum absolute atomic E-state index is 13.5. The van der Waals surface area contributed by atoms with Gasteiger partial charge in [0.25, 0.3) is 5.91 Å². The van der Waals surface area contributed by atoms with Gasteiger partial charge in [-0.05, 0) is 62.6 Å². The number of carbonyl (C=O) groups is 1. The van der Waals surface area contributed by atoms with Crippen molar-refractivity contribution in [1.82, 2.24) is 19.4 Å². The number of benzene rings is 1. The summed E-state index contributed by atoms with van der Waals surface area (Å²) < 4.78 is 4.02. The van der Waals surface area contributed by atoms with Gasteiger partial charge in [-0.3, -0.25) is 13.9 Å². The number of amides is 1. The van der Waals surface area contributed by atoms with Crippen molar-refractivity contribution in [2.75, 3.05) is 13.1 Å². The van der Waals surface area contributed by atoms with E-state index >= 15 is 0 Å². The molecule has 6 nitrogen and oxygen atoms in total. The van der Waals surface area contributed by atoms with Crippen molar-refractivity contribution >= 4 is 29.3 Å². The number of aromatic nitrogens is 2. The quantitative estimate of drug-likeness (QED) is 0.781. The summed E-state index contributed by atoms with van der Waals surface area (Å²) in [6, 6.07) is 7.19. The van der Waals surface area contributed by atoms with Crippen LogP contribution in [0.15, 0.2) is 23.0 Å². The lowest BCUT2D eigenvalue weighted by molar-refractivity contribution is 0.0697. The van der Waals surface area contributed by atoms with E-state index in [2.05, 4.69) is 9.88 Å². The molecule has 1 aromatic heterocycles. The molecule has 7 heteroatoms. The fraction of sp³-hybridized carbons (Fsp3) is 0.667. The predicted octanol–water partition coefficient (Wildman–Crippen LogP) is 3.72. The van der Waals surface area contributed by atoms with E-state index in [9.17, 15) is 9.59 Å². The number of imidazole rings is 1. The molecule has 2 saturated heterocycles. The lowest BCUT2D eigenvalue weighted by Crippen LogP contribution is -2.53. The van der Waals surface area contributed by atoms with Gasteiger partial charge in [-0.2, -0.15) is 0 Å². The number of nitrogens with zero attached hydrogens (tertiary/aromatic N) is 3. The fourth-order valence-electron chi connectivity index (χ4n) is 5.99. The van der Waals surface area contributed by atoms with Gasteiger partial charge in [-0.1, -0.05) is 19.3 Å². The summed E-state index contributed by atoms with van der Waals surface area (Å²) in [6.07, 6.45) is 10.6. The van der Waals surface area contributed by atoms with Crippen molar-refractivity contribution in [3.63, 3.8) is 0 Å². The Morgan fingerprint density at radius 2 is 1.65 bits per heavy atom.